The summed E-state index contributed by atoms with van der Waals surface area (Å²) in [7, 11) is 0. The van der Waals surface area contributed by atoms with Crippen molar-refractivity contribution < 1.29 is 0 Å². The van der Waals surface area contributed by atoms with Crippen molar-refractivity contribution >= 4 is 23.1 Å². The standard InChI is InChI=1S/C13H20ClN3/c1-3-13(2)4-6-17(7-5-13)12-11(14)8-10(15)9-16-12/h8-9H,3-7,15H2,1-2H3. The highest BCUT2D eigenvalue weighted by molar-refractivity contribution is 6.33. The average Bonchev–Trinajstić information content (AvgIpc) is 2.31. The van der Waals surface area contributed by atoms with Gasteiger partial charge in [-0.1, -0.05) is 31.9 Å². The number of pyridine rings is 1. The molecule has 0 spiro atoms. The van der Waals surface area contributed by atoms with E-state index in [2.05, 4.69) is 23.7 Å². The van der Waals surface area contributed by atoms with Crippen molar-refractivity contribution in [2.75, 3.05) is 23.7 Å². The van der Waals surface area contributed by atoms with Gasteiger partial charge < -0.3 is 10.6 Å². The molecule has 2 heterocycles. The van der Waals surface area contributed by atoms with Crippen LogP contribution < -0.4 is 10.6 Å². The fourth-order valence-corrected chi connectivity index (χ4v) is 2.58. The summed E-state index contributed by atoms with van der Waals surface area (Å²) in [6.07, 6.45) is 5.32. The van der Waals surface area contributed by atoms with Gasteiger partial charge in [0.2, 0.25) is 0 Å². The lowest BCUT2D eigenvalue weighted by Gasteiger charge is -2.39. The van der Waals surface area contributed by atoms with E-state index < -0.39 is 0 Å². The summed E-state index contributed by atoms with van der Waals surface area (Å²) in [5.41, 5.74) is 6.76. The Bertz CT molecular complexity index is 398. The third-order valence-corrected chi connectivity index (χ3v) is 4.24. The van der Waals surface area contributed by atoms with Crippen LogP contribution >= 0.6 is 11.6 Å². The minimum Gasteiger partial charge on any atom is -0.397 e. The van der Waals surface area contributed by atoms with Crippen LogP contribution in [0.15, 0.2) is 12.3 Å². The molecule has 1 aromatic rings. The molecule has 4 heteroatoms. The van der Waals surface area contributed by atoms with Gasteiger partial charge in [0, 0.05) is 13.1 Å². The summed E-state index contributed by atoms with van der Waals surface area (Å²) < 4.78 is 0. The second-order valence-electron chi connectivity index (χ2n) is 5.23. The molecule has 0 saturated carbocycles. The van der Waals surface area contributed by atoms with E-state index in [9.17, 15) is 0 Å². The highest BCUT2D eigenvalue weighted by Crippen LogP contribution is 2.36. The van der Waals surface area contributed by atoms with E-state index in [0.29, 0.717) is 16.1 Å². The van der Waals surface area contributed by atoms with Crippen molar-refractivity contribution in [3.8, 4) is 0 Å². The van der Waals surface area contributed by atoms with Gasteiger partial charge in [-0.3, -0.25) is 0 Å². The van der Waals surface area contributed by atoms with Crippen LogP contribution in [0, 0.1) is 5.41 Å². The molecule has 0 atom stereocenters. The molecule has 1 aromatic heterocycles. The van der Waals surface area contributed by atoms with Crippen molar-refractivity contribution in [2.45, 2.75) is 33.1 Å². The minimum absolute atomic E-state index is 0.483. The Morgan fingerprint density at radius 1 is 1.47 bits per heavy atom. The Morgan fingerprint density at radius 2 is 2.12 bits per heavy atom. The molecular weight excluding hydrogens is 234 g/mol. The smallest absolute Gasteiger partial charge is 0.147 e. The number of rotatable bonds is 2. The van der Waals surface area contributed by atoms with Crippen LogP contribution in [-0.2, 0) is 0 Å². The summed E-state index contributed by atoms with van der Waals surface area (Å²) in [5, 5.41) is 0.658. The molecule has 0 unspecified atom stereocenters. The van der Waals surface area contributed by atoms with Gasteiger partial charge in [-0.15, -0.1) is 0 Å². The molecular formula is C13H20ClN3. The Hall–Kier alpha value is -0.960. The first kappa shape index (κ1) is 12.5. The summed E-state index contributed by atoms with van der Waals surface area (Å²) in [5.74, 6) is 0.874. The summed E-state index contributed by atoms with van der Waals surface area (Å²) >= 11 is 6.18. The molecule has 1 saturated heterocycles. The third kappa shape index (κ3) is 2.65. The van der Waals surface area contributed by atoms with Crippen molar-refractivity contribution in [1.82, 2.24) is 4.98 Å². The molecule has 3 nitrogen and oxygen atoms in total. The van der Waals surface area contributed by atoms with Gasteiger partial charge in [0.05, 0.1) is 16.9 Å². The lowest BCUT2D eigenvalue weighted by molar-refractivity contribution is 0.238. The van der Waals surface area contributed by atoms with E-state index in [-0.39, 0.29) is 0 Å². The zero-order chi connectivity index (χ0) is 12.5. The van der Waals surface area contributed by atoms with Crippen molar-refractivity contribution in [2.24, 2.45) is 5.41 Å². The second-order valence-corrected chi connectivity index (χ2v) is 5.63. The number of aromatic nitrogens is 1. The van der Waals surface area contributed by atoms with Crippen LogP contribution in [-0.4, -0.2) is 18.1 Å². The predicted molar refractivity (Wildman–Crippen MR) is 73.5 cm³/mol. The van der Waals surface area contributed by atoms with Crippen LogP contribution in [0.5, 0.6) is 0 Å². The molecule has 0 radical (unpaired) electrons. The van der Waals surface area contributed by atoms with Crippen molar-refractivity contribution in [1.29, 1.82) is 0 Å². The zero-order valence-electron chi connectivity index (χ0n) is 10.5. The molecule has 1 aliphatic heterocycles. The lowest BCUT2D eigenvalue weighted by Crippen LogP contribution is -2.39. The summed E-state index contributed by atoms with van der Waals surface area (Å²) in [4.78, 5) is 6.61. The number of halogens is 1. The quantitative estimate of drug-likeness (QED) is 0.879. The van der Waals surface area contributed by atoms with Gasteiger partial charge in [0.15, 0.2) is 0 Å². The topological polar surface area (TPSA) is 42.2 Å². The molecule has 17 heavy (non-hydrogen) atoms. The van der Waals surface area contributed by atoms with Gasteiger partial charge in [-0.25, -0.2) is 4.98 Å². The van der Waals surface area contributed by atoms with Gasteiger partial charge in [0.1, 0.15) is 5.82 Å². The molecule has 1 fully saturated rings. The molecule has 94 valence electrons. The lowest BCUT2D eigenvalue weighted by atomic mass is 9.78. The minimum atomic E-state index is 0.483. The summed E-state index contributed by atoms with van der Waals surface area (Å²) in [6.45, 7) is 6.69. The van der Waals surface area contributed by atoms with E-state index >= 15 is 0 Å². The first-order valence-electron chi connectivity index (χ1n) is 6.20. The number of anilines is 2. The monoisotopic (exact) mass is 253 g/mol. The van der Waals surface area contributed by atoms with Crippen LogP contribution in [0.25, 0.3) is 0 Å². The van der Waals surface area contributed by atoms with Crippen LogP contribution in [0.3, 0.4) is 0 Å². The highest BCUT2D eigenvalue weighted by Gasteiger charge is 2.29. The van der Waals surface area contributed by atoms with Gasteiger partial charge in [-0.2, -0.15) is 0 Å². The first-order valence-corrected chi connectivity index (χ1v) is 6.58. The Balaban J connectivity index is 2.10. The van der Waals surface area contributed by atoms with Crippen LogP contribution in [0.2, 0.25) is 5.02 Å². The Morgan fingerprint density at radius 3 is 2.65 bits per heavy atom. The molecule has 0 bridgehead atoms. The largest absolute Gasteiger partial charge is 0.397 e. The molecule has 2 N–H and O–H groups in total. The Labute approximate surface area is 108 Å². The van der Waals surface area contributed by atoms with E-state index in [0.717, 1.165) is 18.9 Å². The second kappa shape index (κ2) is 4.73. The van der Waals surface area contributed by atoms with Crippen LogP contribution in [0.1, 0.15) is 33.1 Å². The van der Waals surface area contributed by atoms with E-state index in [1.54, 1.807) is 12.3 Å². The normalized spacial score (nSPS) is 19.4. The zero-order valence-corrected chi connectivity index (χ0v) is 11.3. The number of nitrogens with zero attached hydrogens (tertiary/aromatic N) is 2. The number of nitrogen functional groups attached to an aromatic ring is 1. The molecule has 0 amide bonds. The van der Waals surface area contributed by atoms with Gasteiger partial charge in [0.25, 0.3) is 0 Å². The maximum absolute atomic E-state index is 6.18. The number of nitrogens with two attached hydrogens (primary N) is 1. The highest BCUT2D eigenvalue weighted by atomic mass is 35.5. The van der Waals surface area contributed by atoms with Crippen molar-refractivity contribution in [3.63, 3.8) is 0 Å². The third-order valence-electron chi connectivity index (χ3n) is 3.97. The average molecular weight is 254 g/mol. The van der Waals surface area contributed by atoms with Gasteiger partial charge in [-0.05, 0) is 24.3 Å². The fraction of sp³-hybridized carbons (Fsp3) is 0.615. The Kier molecular flexibility index (Phi) is 3.48. The number of hydrogen-bond acceptors (Lipinski definition) is 3. The summed E-state index contributed by atoms with van der Waals surface area (Å²) in [6, 6.07) is 1.78. The molecule has 0 aromatic carbocycles. The van der Waals surface area contributed by atoms with Gasteiger partial charge >= 0.3 is 0 Å². The van der Waals surface area contributed by atoms with E-state index in [4.69, 9.17) is 17.3 Å². The SMILES string of the molecule is CCC1(C)CCN(c2ncc(N)cc2Cl)CC1. The first-order chi connectivity index (χ1) is 8.04. The fourth-order valence-electron chi connectivity index (χ4n) is 2.29. The van der Waals surface area contributed by atoms with Crippen LogP contribution in [0.4, 0.5) is 11.5 Å². The molecule has 2 rings (SSSR count). The molecule has 0 aliphatic carbocycles. The van der Waals surface area contributed by atoms with Crippen molar-refractivity contribution in [3.05, 3.63) is 17.3 Å². The van der Waals surface area contributed by atoms with E-state index in [1.165, 1.54) is 19.3 Å². The predicted octanol–water partition coefficient (Wildman–Crippen LogP) is 3.33. The maximum atomic E-state index is 6.18. The maximum Gasteiger partial charge on any atom is 0.147 e. The molecule has 1 aliphatic rings. The number of piperidine rings is 1. The van der Waals surface area contributed by atoms with E-state index in [1.807, 2.05) is 0 Å². The number of hydrogen-bond donors (Lipinski definition) is 1.